The van der Waals surface area contributed by atoms with Gasteiger partial charge in [-0.15, -0.1) is 0 Å². The van der Waals surface area contributed by atoms with Gasteiger partial charge >= 0.3 is 17.9 Å². The number of esters is 3. The Morgan fingerprint density at radius 3 is 2.04 bits per heavy atom. The van der Waals surface area contributed by atoms with Crippen LogP contribution in [0, 0.1) is 11.8 Å². The first kappa shape index (κ1) is 36.6. The van der Waals surface area contributed by atoms with Crippen LogP contribution < -0.4 is 10.1 Å². The van der Waals surface area contributed by atoms with Crippen LogP contribution >= 0.6 is 0 Å². The Kier molecular flexibility index (Phi) is 9.40. The fourth-order valence-corrected chi connectivity index (χ4v) is 8.74. The molecular formula is C35H42N2O14. The molecule has 3 aliphatic carbocycles. The summed E-state index contributed by atoms with van der Waals surface area (Å²) < 4.78 is 49.9. The van der Waals surface area contributed by atoms with Crippen LogP contribution in [-0.4, -0.2) is 111 Å². The van der Waals surface area contributed by atoms with Gasteiger partial charge in [0.15, 0.2) is 5.76 Å². The van der Waals surface area contributed by atoms with E-state index in [4.69, 9.17) is 37.9 Å². The van der Waals surface area contributed by atoms with Gasteiger partial charge in [0.05, 0.1) is 57.2 Å². The highest BCUT2D eigenvalue weighted by Crippen LogP contribution is 2.67. The number of ether oxygens (including phenoxy) is 8. The Morgan fingerprint density at radius 1 is 0.902 bits per heavy atom. The predicted octanol–water partition coefficient (Wildman–Crippen LogP) is 0.905. The number of benzene rings is 1. The lowest BCUT2D eigenvalue weighted by atomic mass is 9.52. The van der Waals surface area contributed by atoms with Crippen molar-refractivity contribution in [3.63, 3.8) is 0 Å². The summed E-state index contributed by atoms with van der Waals surface area (Å²) in [5, 5.41) is 15.2. The van der Waals surface area contributed by atoms with Crippen LogP contribution in [0.4, 0.5) is 0 Å². The molecule has 16 nitrogen and oxygen atoms in total. The average molecular weight is 715 g/mol. The molecule has 0 aromatic heterocycles. The number of carbonyl (C=O) groups excluding carboxylic acids is 5. The lowest BCUT2D eigenvalue weighted by Gasteiger charge is -2.62. The van der Waals surface area contributed by atoms with E-state index in [1.54, 1.807) is 31.1 Å². The number of amides is 2. The number of nitrogens with zero attached hydrogens (tertiary/aromatic N) is 1. The van der Waals surface area contributed by atoms with Gasteiger partial charge < -0.3 is 43.0 Å². The second kappa shape index (κ2) is 13.1. The molecule has 6 atom stereocenters. The molecule has 6 rings (SSSR count). The Balaban J connectivity index is 1.87. The first-order valence-corrected chi connectivity index (χ1v) is 16.5. The zero-order valence-electron chi connectivity index (χ0n) is 29.6. The Labute approximate surface area is 293 Å². The number of aliphatic hydroxyl groups excluding tert-OH is 1. The van der Waals surface area contributed by atoms with E-state index < -0.39 is 82.4 Å². The number of methoxy groups -OCH3 is 1. The van der Waals surface area contributed by atoms with Crippen molar-refractivity contribution in [1.82, 2.24) is 10.2 Å². The van der Waals surface area contributed by atoms with Gasteiger partial charge in [-0.25, -0.2) is 0 Å². The largest absolute Gasteiger partial charge is 0.496 e. The number of rotatable bonds is 6. The van der Waals surface area contributed by atoms with Gasteiger partial charge in [-0.05, 0) is 31.6 Å². The molecule has 0 saturated carbocycles. The SMILES string of the molecule is COc1cccc2c1C1(OCCO1)C1=C(OC(C)=O)[C@@]3(OC(C)=O)[C@@H]([C@@H](O)[C@@H]1[C@H]2C)[C@H](N(C)C)C(OC(C)=O)=C(C(=O)NC(C)=O)C31OCCO1. The van der Waals surface area contributed by atoms with Crippen LogP contribution in [0.15, 0.2) is 40.9 Å². The normalized spacial score (nSPS) is 30.0. The molecule has 2 saturated heterocycles. The predicted molar refractivity (Wildman–Crippen MR) is 171 cm³/mol. The Bertz CT molecular complexity index is 1740. The number of hydrogen-bond acceptors (Lipinski definition) is 15. The first-order chi connectivity index (χ1) is 24.1. The van der Waals surface area contributed by atoms with Crippen LogP contribution in [0.5, 0.6) is 5.75 Å². The van der Waals surface area contributed by atoms with Crippen molar-refractivity contribution in [2.75, 3.05) is 47.6 Å². The van der Waals surface area contributed by atoms with E-state index in [9.17, 15) is 29.1 Å². The van der Waals surface area contributed by atoms with Gasteiger partial charge in [0.1, 0.15) is 17.1 Å². The van der Waals surface area contributed by atoms with Gasteiger partial charge in [0.25, 0.3) is 11.7 Å². The molecule has 2 N–H and O–H groups in total. The quantitative estimate of drug-likeness (QED) is 0.312. The van der Waals surface area contributed by atoms with Gasteiger partial charge in [-0.1, -0.05) is 19.1 Å². The summed E-state index contributed by atoms with van der Waals surface area (Å²) >= 11 is 0. The molecule has 51 heavy (non-hydrogen) atoms. The average Bonchev–Trinajstić information content (AvgIpc) is 3.72. The molecular weight excluding hydrogens is 672 g/mol. The zero-order valence-corrected chi connectivity index (χ0v) is 29.6. The number of fused-ring (bicyclic) bond motifs is 6. The summed E-state index contributed by atoms with van der Waals surface area (Å²) in [6.07, 6.45) is -1.57. The minimum absolute atomic E-state index is 0.0662. The molecule has 0 bridgehead atoms. The number of likely N-dealkylation sites (N-methyl/N-ethyl adjacent to an activating group) is 1. The molecule has 276 valence electrons. The molecule has 16 heteroatoms. The minimum Gasteiger partial charge on any atom is -0.496 e. The van der Waals surface area contributed by atoms with E-state index in [0.29, 0.717) is 16.9 Å². The van der Waals surface area contributed by atoms with Crippen molar-refractivity contribution in [2.24, 2.45) is 11.8 Å². The van der Waals surface area contributed by atoms with Gasteiger partial charge in [0.2, 0.25) is 17.3 Å². The highest BCUT2D eigenvalue weighted by Gasteiger charge is 2.80. The molecule has 2 heterocycles. The molecule has 5 aliphatic rings. The van der Waals surface area contributed by atoms with Crippen LogP contribution in [0.25, 0.3) is 0 Å². The second-order valence-corrected chi connectivity index (χ2v) is 13.3. The Hall–Kier alpha value is -4.19. The van der Waals surface area contributed by atoms with Crippen LogP contribution in [0.1, 0.15) is 51.7 Å². The topological polar surface area (TPSA) is 195 Å². The highest BCUT2D eigenvalue weighted by atomic mass is 16.8. The van der Waals surface area contributed by atoms with E-state index in [2.05, 4.69) is 5.32 Å². The summed E-state index contributed by atoms with van der Waals surface area (Å²) in [6.45, 7) is 6.01. The smallest absolute Gasteiger partial charge is 0.307 e. The van der Waals surface area contributed by atoms with E-state index in [0.717, 1.165) is 27.7 Å². The van der Waals surface area contributed by atoms with E-state index in [1.807, 2.05) is 13.0 Å². The first-order valence-electron chi connectivity index (χ1n) is 16.5. The van der Waals surface area contributed by atoms with Gasteiger partial charge in [0, 0.05) is 39.2 Å². The molecule has 0 radical (unpaired) electrons. The number of carbonyl (C=O) groups is 5. The van der Waals surface area contributed by atoms with E-state index in [-0.39, 0.29) is 43.5 Å². The minimum atomic E-state index is -2.59. The molecule has 2 aliphatic heterocycles. The molecule has 1 aromatic rings. The lowest BCUT2D eigenvalue weighted by molar-refractivity contribution is -0.302. The molecule has 2 fully saturated rings. The van der Waals surface area contributed by atoms with Gasteiger partial charge in [-0.3, -0.25) is 34.2 Å². The standard InChI is InChI=1S/C35H42N2O14/c1-16-21-10-9-11-22(44-8)24(21)34(45-12-13-46-34)25-23(16)29(42)26-28(37(6)7)30(49-18(3)39)27(32(43)36-17(2)38)35(47-14-15-48-35)33(26,51-20(5)41)31(25)50-19(4)40/h9-11,16,23,26,28-29,42H,12-15H2,1-8H3,(H,36,38,43)/t16-,23+,26+,28-,29-,33-/m0/s1. The number of aliphatic hydroxyl groups is 1. The number of hydrogen-bond donors (Lipinski definition) is 2. The van der Waals surface area contributed by atoms with Crippen molar-refractivity contribution < 1.29 is 67.0 Å². The van der Waals surface area contributed by atoms with Gasteiger partial charge in [-0.2, -0.15) is 0 Å². The van der Waals surface area contributed by atoms with Crippen molar-refractivity contribution in [3.05, 3.63) is 52.0 Å². The van der Waals surface area contributed by atoms with Crippen LogP contribution in [-0.2, 0) is 62.9 Å². The summed E-state index contributed by atoms with van der Waals surface area (Å²) in [5.74, 6) is -12.4. The monoisotopic (exact) mass is 714 g/mol. The van der Waals surface area contributed by atoms with Crippen LogP contribution in [0.2, 0.25) is 0 Å². The fraction of sp³-hybridized carbons (Fsp3) is 0.571. The van der Waals surface area contributed by atoms with Crippen LogP contribution in [0.3, 0.4) is 0 Å². The Morgan fingerprint density at radius 2 is 1.51 bits per heavy atom. The summed E-state index contributed by atoms with van der Waals surface area (Å²) in [6, 6.07) is 4.06. The molecule has 0 unspecified atom stereocenters. The van der Waals surface area contributed by atoms with Crippen molar-refractivity contribution in [3.8, 4) is 5.75 Å². The maximum atomic E-state index is 14.3. The third kappa shape index (κ3) is 5.22. The van der Waals surface area contributed by atoms with Crippen molar-refractivity contribution >= 4 is 29.7 Å². The second-order valence-electron chi connectivity index (χ2n) is 13.3. The fourth-order valence-electron chi connectivity index (χ4n) is 8.74. The third-order valence-electron chi connectivity index (χ3n) is 10.1. The molecule has 1 aromatic carbocycles. The third-order valence-corrected chi connectivity index (χ3v) is 10.1. The van der Waals surface area contributed by atoms with Crippen molar-refractivity contribution in [2.45, 2.75) is 69.9 Å². The summed E-state index contributed by atoms with van der Waals surface area (Å²) in [5.41, 5.74) is -1.89. The molecule has 2 spiro atoms. The van der Waals surface area contributed by atoms with E-state index >= 15 is 0 Å². The van der Waals surface area contributed by atoms with E-state index in [1.165, 1.54) is 7.11 Å². The highest BCUT2D eigenvalue weighted by molar-refractivity contribution is 6.06. The zero-order chi connectivity index (χ0) is 37.2. The summed E-state index contributed by atoms with van der Waals surface area (Å²) in [4.78, 5) is 68.0. The summed E-state index contributed by atoms with van der Waals surface area (Å²) in [7, 11) is 4.66. The molecule has 2 amide bonds. The number of nitrogens with one attached hydrogen (secondary N) is 1. The lowest BCUT2D eigenvalue weighted by Crippen LogP contribution is -2.77. The number of imide groups is 1. The maximum Gasteiger partial charge on any atom is 0.307 e. The maximum absolute atomic E-state index is 14.3. The van der Waals surface area contributed by atoms with Crippen molar-refractivity contribution in [1.29, 1.82) is 0 Å².